The van der Waals surface area contributed by atoms with Gasteiger partial charge in [0.2, 0.25) is 5.43 Å². The third-order valence-corrected chi connectivity index (χ3v) is 6.21. The van der Waals surface area contributed by atoms with Gasteiger partial charge in [0.05, 0.1) is 23.5 Å². The standard InChI is InChI=1S/C27H30FNO6/c1-3-33-27(32)19-5-4-12-29(14-19)15-21(30)16-34-22-10-11-23-24(13-22)35-17(2)25(26(23)31)18-6-8-20(28)9-7-18/h6-11,13,19,21,30H,3-5,12,14-16H2,1-2H3. The van der Waals surface area contributed by atoms with Gasteiger partial charge in [-0.3, -0.25) is 14.5 Å². The van der Waals surface area contributed by atoms with E-state index in [1.807, 2.05) is 0 Å². The first-order chi connectivity index (χ1) is 16.9. The number of likely N-dealkylation sites (tertiary alicyclic amines) is 1. The molecule has 186 valence electrons. The molecule has 1 aliphatic heterocycles. The van der Waals surface area contributed by atoms with E-state index in [9.17, 15) is 19.1 Å². The van der Waals surface area contributed by atoms with Crippen LogP contribution >= 0.6 is 0 Å². The number of benzene rings is 2. The SMILES string of the molecule is CCOC(=O)C1CCCN(CC(O)COc2ccc3c(=O)c(-c4ccc(F)cc4)c(C)oc3c2)C1. The van der Waals surface area contributed by atoms with Crippen LogP contribution in [0.15, 0.2) is 51.7 Å². The smallest absolute Gasteiger partial charge is 0.310 e. The molecule has 1 N–H and O–H groups in total. The Balaban J connectivity index is 1.41. The van der Waals surface area contributed by atoms with Crippen molar-refractivity contribution in [3.63, 3.8) is 0 Å². The Morgan fingerprint density at radius 1 is 1.26 bits per heavy atom. The minimum atomic E-state index is -0.749. The van der Waals surface area contributed by atoms with Gasteiger partial charge in [-0.2, -0.15) is 0 Å². The predicted molar refractivity (Wildman–Crippen MR) is 130 cm³/mol. The van der Waals surface area contributed by atoms with Crippen molar-refractivity contribution in [3.05, 3.63) is 64.3 Å². The summed E-state index contributed by atoms with van der Waals surface area (Å²) in [5.74, 6) is 0.172. The van der Waals surface area contributed by atoms with Crippen molar-refractivity contribution >= 4 is 16.9 Å². The summed E-state index contributed by atoms with van der Waals surface area (Å²) in [5.41, 5.74) is 1.15. The molecule has 1 aliphatic rings. The number of ether oxygens (including phenoxy) is 2. The summed E-state index contributed by atoms with van der Waals surface area (Å²) in [6.07, 6.45) is 0.924. The fourth-order valence-electron chi connectivity index (χ4n) is 4.54. The maximum absolute atomic E-state index is 13.3. The number of halogens is 1. The second kappa shape index (κ2) is 11.0. The Morgan fingerprint density at radius 3 is 2.77 bits per heavy atom. The zero-order valence-corrected chi connectivity index (χ0v) is 20.0. The van der Waals surface area contributed by atoms with E-state index in [4.69, 9.17) is 13.9 Å². The molecule has 2 atom stereocenters. The molecule has 1 aromatic heterocycles. The first-order valence-electron chi connectivity index (χ1n) is 11.9. The third-order valence-electron chi connectivity index (χ3n) is 6.21. The number of aryl methyl sites for hydroxylation is 1. The van der Waals surface area contributed by atoms with Crippen molar-refractivity contribution in [2.45, 2.75) is 32.8 Å². The van der Waals surface area contributed by atoms with E-state index in [1.54, 1.807) is 44.2 Å². The van der Waals surface area contributed by atoms with E-state index in [2.05, 4.69) is 4.90 Å². The van der Waals surface area contributed by atoms with E-state index in [0.29, 0.717) is 53.3 Å². The Morgan fingerprint density at radius 2 is 2.03 bits per heavy atom. The highest BCUT2D eigenvalue weighted by Crippen LogP contribution is 2.27. The van der Waals surface area contributed by atoms with Gasteiger partial charge in [0.15, 0.2) is 0 Å². The lowest BCUT2D eigenvalue weighted by atomic mass is 9.98. The Bertz CT molecular complexity index is 1240. The molecule has 2 heterocycles. The topological polar surface area (TPSA) is 89.2 Å². The molecule has 3 aromatic rings. The lowest BCUT2D eigenvalue weighted by Gasteiger charge is -2.32. The molecular weight excluding hydrogens is 453 g/mol. The van der Waals surface area contributed by atoms with Gasteiger partial charge in [0.25, 0.3) is 0 Å². The highest BCUT2D eigenvalue weighted by atomic mass is 19.1. The van der Waals surface area contributed by atoms with Gasteiger partial charge in [-0.1, -0.05) is 12.1 Å². The summed E-state index contributed by atoms with van der Waals surface area (Å²) in [6, 6.07) is 10.6. The number of aliphatic hydroxyl groups excluding tert-OH is 1. The Kier molecular flexibility index (Phi) is 7.83. The maximum atomic E-state index is 13.3. The molecule has 1 saturated heterocycles. The first kappa shape index (κ1) is 24.9. The molecule has 0 radical (unpaired) electrons. The monoisotopic (exact) mass is 483 g/mol. The van der Waals surface area contributed by atoms with Crippen LogP contribution in [0.3, 0.4) is 0 Å². The van der Waals surface area contributed by atoms with Crippen molar-refractivity contribution in [2.75, 3.05) is 32.8 Å². The zero-order chi connectivity index (χ0) is 24.9. The van der Waals surface area contributed by atoms with Gasteiger partial charge in [-0.25, -0.2) is 4.39 Å². The third kappa shape index (κ3) is 5.89. The minimum absolute atomic E-state index is 0.0585. The number of hydrogen-bond acceptors (Lipinski definition) is 7. The summed E-state index contributed by atoms with van der Waals surface area (Å²) in [4.78, 5) is 27.2. The minimum Gasteiger partial charge on any atom is -0.491 e. The number of hydrogen-bond donors (Lipinski definition) is 1. The second-order valence-corrected chi connectivity index (χ2v) is 8.84. The number of rotatable bonds is 8. The van der Waals surface area contributed by atoms with Crippen molar-refractivity contribution in [1.29, 1.82) is 0 Å². The molecule has 0 amide bonds. The number of carbonyl (C=O) groups is 1. The van der Waals surface area contributed by atoms with Gasteiger partial charge in [0, 0.05) is 19.2 Å². The lowest BCUT2D eigenvalue weighted by molar-refractivity contribution is -0.150. The van der Waals surface area contributed by atoms with Crippen molar-refractivity contribution in [3.8, 4) is 16.9 Å². The summed E-state index contributed by atoms with van der Waals surface area (Å²) in [7, 11) is 0. The molecule has 0 aliphatic carbocycles. The van der Waals surface area contributed by atoms with Crippen LogP contribution in [0.4, 0.5) is 4.39 Å². The second-order valence-electron chi connectivity index (χ2n) is 8.84. The van der Waals surface area contributed by atoms with Crippen LogP contribution in [0, 0.1) is 18.7 Å². The average Bonchev–Trinajstić information content (AvgIpc) is 2.84. The predicted octanol–water partition coefficient (Wildman–Crippen LogP) is 3.92. The van der Waals surface area contributed by atoms with Crippen LogP contribution in [-0.2, 0) is 9.53 Å². The fraction of sp³-hybridized carbons (Fsp3) is 0.407. The summed E-state index contributed by atoms with van der Waals surface area (Å²) < 4.78 is 30.1. The van der Waals surface area contributed by atoms with Crippen molar-refractivity contribution in [2.24, 2.45) is 5.92 Å². The molecule has 0 spiro atoms. The molecule has 2 unspecified atom stereocenters. The van der Waals surface area contributed by atoms with Crippen LogP contribution in [0.1, 0.15) is 25.5 Å². The average molecular weight is 484 g/mol. The van der Waals surface area contributed by atoms with Crippen molar-refractivity contribution < 1.29 is 28.2 Å². The van der Waals surface area contributed by atoms with Crippen molar-refractivity contribution in [1.82, 2.24) is 4.90 Å². The van der Waals surface area contributed by atoms with Gasteiger partial charge >= 0.3 is 5.97 Å². The van der Waals surface area contributed by atoms with Crippen LogP contribution < -0.4 is 10.2 Å². The molecule has 35 heavy (non-hydrogen) atoms. The molecule has 8 heteroatoms. The number of piperidine rings is 1. The van der Waals surface area contributed by atoms with E-state index >= 15 is 0 Å². The molecule has 2 aromatic carbocycles. The zero-order valence-electron chi connectivity index (χ0n) is 20.0. The number of β-amino-alcohol motifs (C(OH)–C–C–N with tert-alkyl or cyclic N) is 1. The van der Waals surface area contributed by atoms with Gasteiger partial charge < -0.3 is 19.0 Å². The van der Waals surface area contributed by atoms with Crippen LogP contribution in [0.5, 0.6) is 5.75 Å². The number of aliphatic hydroxyl groups is 1. The number of nitrogens with zero attached hydrogens (tertiary/aromatic N) is 1. The van der Waals surface area contributed by atoms with Gasteiger partial charge in [0.1, 0.15) is 35.6 Å². The fourth-order valence-corrected chi connectivity index (χ4v) is 4.54. The summed E-state index contributed by atoms with van der Waals surface area (Å²) >= 11 is 0. The normalized spacial score (nSPS) is 17.3. The van der Waals surface area contributed by atoms with Crippen LogP contribution in [0.2, 0.25) is 0 Å². The molecule has 0 saturated carbocycles. The molecule has 4 rings (SSSR count). The summed E-state index contributed by atoms with van der Waals surface area (Å²) in [5, 5.41) is 10.9. The van der Waals surface area contributed by atoms with E-state index < -0.39 is 6.10 Å². The summed E-state index contributed by atoms with van der Waals surface area (Å²) in [6.45, 7) is 5.67. The molecule has 0 bridgehead atoms. The molecular formula is C27H30FNO6. The molecule has 7 nitrogen and oxygen atoms in total. The Hall–Kier alpha value is -3.23. The highest BCUT2D eigenvalue weighted by Gasteiger charge is 2.28. The number of fused-ring (bicyclic) bond motifs is 1. The first-order valence-corrected chi connectivity index (χ1v) is 11.9. The number of esters is 1. The lowest BCUT2D eigenvalue weighted by Crippen LogP contribution is -2.44. The van der Waals surface area contributed by atoms with E-state index in [-0.39, 0.29) is 29.7 Å². The highest BCUT2D eigenvalue weighted by molar-refractivity contribution is 5.83. The Labute approximate surface area is 203 Å². The van der Waals surface area contributed by atoms with Crippen LogP contribution in [-0.4, -0.2) is 54.9 Å². The number of carbonyl (C=O) groups excluding carboxylic acids is 1. The maximum Gasteiger partial charge on any atom is 0.310 e. The van der Waals surface area contributed by atoms with E-state index in [0.717, 1.165) is 19.4 Å². The van der Waals surface area contributed by atoms with Gasteiger partial charge in [-0.15, -0.1) is 0 Å². The van der Waals surface area contributed by atoms with Gasteiger partial charge in [-0.05, 0) is 63.1 Å². The quantitative estimate of drug-likeness (QED) is 0.486. The molecule has 1 fully saturated rings. The largest absolute Gasteiger partial charge is 0.491 e. The van der Waals surface area contributed by atoms with E-state index in [1.165, 1.54) is 12.1 Å². The van der Waals surface area contributed by atoms with Crippen LogP contribution in [0.25, 0.3) is 22.1 Å².